The van der Waals surface area contributed by atoms with Gasteiger partial charge in [-0.05, 0) is 37.5 Å². The van der Waals surface area contributed by atoms with Crippen molar-refractivity contribution < 1.29 is 9.26 Å². The molecule has 3 unspecified atom stereocenters. The number of aromatic nitrogens is 2. The number of rotatable bonds is 4. The van der Waals surface area contributed by atoms with E-state index >= 15 is 0 Å². The molecule has 3 atom stereocenters. The van der Waals surface area contributed by atoms with Crippen LogP contribution < -0.4 is 5.73 Å². The van der Waals surface area contributed by atoms with E-state index in [1.807, 2.05) is 0 Å². The molecule has 0 aliphatic heterocycles. The summed E-state index contributed by atoms with van der Waals surface area (Å²) in [6, 6.07) is 0. The first-order chi connectivity index (χ1) is 9.12. The topological polar surface area (TPSA) is 74.2 Å². The molecule has 19 heavy (non-hydrogen) atoms. The summed E-state index contributed by atoms with van der Waals surface area (Å²) in [7, 11) is 1.71. The molecule has 5 heteroatoms. The summed E-state index contributed by atoms with van der Waals surface area (Å²) < 4.78 is 10.9. The van der Waals surface area contributed by atoms with Crippen molar-refractivity contribution in [1.82, 2.24) is 10.1 Å². The van der Waals surface area contributed by atoms with E-state index in [0.29, 0.717) is 23.6 Å². The van der Waals surface area contributed by atoms with Crippen LogP contribution in [0.1, 0.15) is 63.3 Å². The minimum atomic E-state index is -0.440. The van der Waals surface area contributed by atoms with Gasteiger partial charge in [-0.15, -0.1) is 0 Å². The van der Waals surface area contributed by atoms with E-state index in [1.165, 1.54) is 19.3 Å². The molecule has 3 rings (SSSR count). The Morgan fingerprint density at radius 1 is 1.42 bits per heavy atom. The fourth-order valence-corrected chi connectivity index (χ4v) is 3.25. The zero-order chi connectivity index (χ0) is 13.5. The summed E-state index contributed by atoms with van der Waals surface area (Å²) in [5, 5.41) is 4.10. The van der Waals surface area contributed by atoms with Gasteiger partial charge in [0.25, 0.3) is 0 Å². The highest BCUT2D eigenvalue weighted by Gasteiger charge is 2.40. The van der Waals surface area contributed by atoms with Gasteiger partial charge in [0, 0.05) is 7.11 Å². The van der Waals surface area contributed by atoms with E-state index in [0.717, 1.165) is 19.3 Å². The third-order valence-electron chi connectivity index (χ3n) is 4.46. The Bertz CT molecular complexity index is 444. The zero-order valence-electron chi connectivity index (χ0n) is 11.8. The predicted molar refractivity (Wildman–Crippen MR) is 70.3 cm³/mol. The van der Waals surface area contributed by atoms with Crippen LogP contribution in [0.25, 0.3) is 0 Å². The van der Waals surface area contributed by atoms with Gasteiger partial charge in [0.2, 0.25) is 11.7 Å². The molecule has 0 saturated heterocycles. The van der Waals surface area contributed by atoms with Gasteiger partial charge < -0.3 is 15.0 Å². The summed E-state index contributed by atoms with van der Waals surface area (Å²) in [5.74, 6) is 2.44. The average Bonchev–Trinajstić information content (AvgIpc) is 3.06. The molecule has 0 aromatic carbocycles. The SMILES string of the molecule is COC(c1noc(C2(N)CCCC(C)C2)n1)C1CC1. The lowest BCUT2D eigenvalue weighted by Crippen LogP contribution is -2.41. The van der Waals surface area contributed by atoms with E-state index in [-0.39, 0.29) is 6.10 Å². The summed E-state index contributed by atoms with van der Waals surface area (Å²) in [5.41, 5.74) is 6.04. The highest BCUT2D eigenvalue weighted by Crippen LogP contribution is 2.43. The number of nitrogens with two attached hydrogens (primary N) is 1. The standard InChI is InChI=1S/C14H23N3O2/c1-9-4-3-7-14(15,8-9)13-16-12(17-19-13)11(18-2)10-5-6-10/h9-11H,3-8,15H2,1-2H3. The van der Waals surface area contributed by atoms with Crippen molar-refractivity contribution in [3.05, 3.63) is 11.7 Å². The number of hydrogen-bond acceptors (Lipinski definition) is 5. The summed E-state index contributed by atoms with van der Waals surface area (Å²) in [6.45, 7) is 2.24. The van der Waals surface area contributed by atoms with Crippen LogP contribution in [0, 0.1) is 11.8 Å². The minimum Gasteiger partial charge on any atom is -0.373 e. The summed E-state index contributed by atoms with van der Waals surface area (Å²) >= 11 is 0. The van der Waals surface area contributed by atoms with Gasteiger partial charge in [-0.2, -0.15) is 4.98 Å². The predicted octanol–water partition coefficient (Wildman–Crippen LogP) is 2.53. The van der Waals surface area contributed by atoms with E-state index in [9.17, 15) is 0 Å². The number of hydrogen-bond donors (Lipinski definition) is 1. The Morgan fingerprint density at radius 2 is 2.21 bits per heavy atom. The molecule has 2 aliphatic rings. The maximum absolute atomic E-state index is 6.48. The monoisotopic (exact) mass is 265 g/mol. The van der Waals surface area contributed by atoms with Crippen LogP contribution in [0.5, 0.6) is 0 Å². The highest BCUT2D eigenvalue weighted by atomic mass is 16.5. The second-order valence-corrected chi connectivity index (χ2v) is 6.31. The molecule has 2 saturated carbocycles. The molecule has 1 heterocycles. The maximum atomic E-state index is 6.48. The molecule has 0 bridgehead atoms. The van der Waals surface area contributed by atoms with E-state index in [1.54, 1.807) is 7.11 Å². The number of ether oxygens (including phenoxy) is 1. The molecule has 106 valence electrons. The number of nitrogens with zero attached hydrogens (tertiary/aromatic N) is 2. The Labute approximate surface area is 113 Å². The molecule has 2 aliphatic carbocycles. The van der Waals surface area contributed by atoms with E-state index in [2.05, 4.69) is 17.1 Å². The van der Waals surface area contributed by atoms with Gasteiger partial charge in [-0.1, -0.05) is 24.9 Å². The molecular formula is C14H23N3O2. The molecule has 0 spiro atoms. The van der Waals surface area contributed by atoms with Crippen molar-refractivity contribution in [2.45, 2.75) is 57.1 Å². The molecule has 5 nitrogen and oxygen atoms in total. The minimum absolute atomic E-state index is 0.0258. The van der Waals surface area contributed by atoms with Crippen LogP contribution in [0.2, 0.25) is 0 Å². The van der Waals surface area contributed by atoms with Crippen molar-refractivity contribution in [1.29, 1.82) is 0 Å². The van der Waals surface area contributed by atoms with Crippen LogP contribution in [0.4, 0.5) is 0 Å². The fraction of sp³-hybridized carbons (Fsp3) is 0.857. The van der Waals surface area contributed by atoms with Gasteiger partial charge in [-0.3, -0.25) is 0 Å². The smallest absolute Gasteiger partial charge is 0.246 e. The lowest BCUT2D eigenvalue weighted by atomic mass is 9.77. The second kappa shape index (κ2) is 4.87. The van der Waals surface area contributed by atoms with Crippen LogP contribution in [0.3, 0.4) is 0 Å². The molecule has 2 N–H and O–H groups in total. The van der Waals surface area contributed by atoms with Crippen molar-refractivity contribution in [2.24, 2.45) is 17.6 Å². The Morgan fingerprint density at radius 3 is 2.84 bits per heavy atom. The van der Waals surface area contributed by atoms with Crippen LogP contribution in [0.15, 0.2) is 4.52 Å². The molecule has 1 aromatic rings. The van der Waals surface area contributed by atoms with Gasteiger partial charge in [0.05, 0.1) is 5.54 Å². The van der Waals surface area contributed by atoms with Crippen molar-refractivity contribution in [3.8, 4) is 0 Å². The molecular weight excluding hydrogens is 242 g/mol. The molecule has 2 fully saturated rings. The van der Waals surface area contributed by atoms with Gasteiger partial charge in [0.15, 0.2) is 0 Å². The van der Waals surface area contributed by atoms with Gasteiger partial charge in [-0.25, -0.2) is 0 Å². The summed E-state index contributed by atoms with van der Waals surface area (Å²) in [6.07, 6.45) is 6.58. The normalized spacial score (nSPS) is 33.3. The lowest BCUT2D eigenvalue weighted by Gasteiger charge is -2.33. The highest BCUT2D eigenvalue weighted by molar-refractivity contribution is 5.07. The van der Waals surface area contributed by atoms with Crippen LogP contribution >= 0.6 is 0 Å². The third kappa shape index (κ3) is 2.54. The van der Waals surface area contributed by atoms with Gasteiger partial charge >= 0.3 is 0 Å². The summed E-state index contributed by atoms with van der Waals surface area (Å²) in [4.78, 5) is 4.54. The van der Waals surface area contributed by atoms with Crippen LogP contribution in [-0.4, -0.2) is 17.3 Å². The van der Waals surface area contributed by atoms with Crippen molar-refractivity contribution in [2.75, 3.05) is 7.11 Å². The van der Waals surface area contributed by atoms with Crippen molar-refractivity contribution >= 4 is 0 Å². The lowest BCUT2D eigenvalue weighted by molar-refractivity contribution is 0.0750. The Kier molecular flexibility index (Phi) is 3.35. The van der Waals surface area contributed by atoms with E-state index in [4.69, 9.17) is 15.0 Å². The quantitative estimate of drug-likeness (QED) is 0.905. The Hall–Kier alpha value is -0.940. The molecule has 0 radical (unpaired) electrons. The number of methoxy groups -OCH3 is 1. The second-order valence-electron chi connectivity index (χ2n) is 6.31. The fourth-order valence-electron chi connectivity index (χ4n) is 3.25. The third-order valence-corrected chi connectivity index (χ3v) is 4.46. The molecule has 0 amide bonds. The van der Waals surface area contributed by atoms with Gasteiger partial charge in [0.1, 0.15) is 6.10 Å². The average molecular weight is 265 g/mol. The zero-order valence-corrected chi connectivity index (χ0v) is 11.8. The van der Waals surface area contributed by atoms with Crippen molar-refractivity contribution in [3.63, 3.8) is 0 Å². The van der Waals surface area contributed by atoms with E-state index < -0.39 is 5.54 Å². The maximum Gasteiger partial charge on any atom is 0.246 e. The first-order valence-corrected chi connectivity index (χ1v) is 7.28. The van der Waals surface area contributed by atoms with Crippen LogP contribution in [-0.2, 0) is 10.3 Å². The first-order valence-electron chi connectivity index (χ1n) is 7.28. The molecule has 1 aromatic heterocycles. The Balaban J connectivity index is 1.79. The largest absolute Gasteiger partial charge is 0.373 e. The first kappa shape index (κ1) is 13.1.